The van der Waals surface area contributed by atoms with Crippen LogP contribution in [-0.2, 0) is 9.84 Å². The molecule has 1 heterocycles. The summed E-state index contributed by atoms with van der Waals surface area (Å²) in [5.41, 5.74) is 6.97. The lowest BCUT2D eigenvalue weighted by Crippen LogP contribution is -2.26. The number of hydrogen-bond donors (Lipinski definition) is 2. The Bertz CT molecular complexity index is 540. The van der Waals surface area contributed by atoms with Gasteiger partial charge in [0, 0.05) is 12.8 Å². The second kappa shape index (κ2) is 5.81. The molecule has 6 nitrogen and oxygen atoms in total. The molecule has 3 N–H and O–H groups in total. The van der Waals surface area contributed by atoms with Crippen LogP contribution < -0.4 is 11.1 Å². The highest BCUT2D eigenvalue weighted by molar-refractivity contribution is 7.90. The lowest BCUT2D eigenvalue weighted by Gasteiger charge is -2.07. The molecule has 0 saturated heterocycles. The fraction of sp³-hybridized carbons (Fsp3) is 0.455. The molecule has 100 valence electrons. The summed E-state index contributed by atoms with van der Waals surface area (Å²) in [4.78, 5) is 15.8. The van der Waals surface area contributed by atoms with E-state index in [-0.39, 0.29) is 11.7 Å². The van der Waals surface area contributed by atoms with Gasteiger partial charge >= 0.3 is 0 Å². The first-order valence-electron chi connectivity index (χ1n) is 5.47. The van der Waals surface area contributed by atoms with E-state index in [9.17, 15) is 13.2 Å². The number of aromatic nitrogens is 1. The minimum atomic E-state index is -2.99. The molecule has 0 unspecified atom stereocenters. The highest BCUT2D eigenvalue weighted by Gasteiger charge is 2.10. The highest BCUT2D eigenvalue weighted by Crippen LogP contribution is 2.09. The molecule has 1 amide bonds. The molecular formula is C11H17N3O3S. The van der Waals surface area contributed by atoms with Crippen molar-refractivity contribution in [3.8, 4) is 0 Å². The number of aryl methyl sites for hydroxylation is 1. The summed E-state index contributed by atoms with van der Waals surface area (Å²) < 4.78 is 21.8. The number of pyridine rings is 1. The Morgan fingerprint density at radius 2 is 2.17 bits per heavy atom. The Kier molecular flexibility index (Phi) is 4.66. The van der Waals surface area contributed by atoms with Crippen molar-refractivity contribution in [3.05, 3.63) is 23.5 Å². The zero-order valence-corrected chi connectivity index (χ0v) is 11.3. The summed E-state index contributed by atoms with van der Waals surface area (Å²) in [6.45, 7) is 2.02. The van der Waals surface area contributed by atoms with E-state index in [1.165, 1.54) is 12.5 Å². The summed E-state index contributed by atoms with van der Waals surface area (Å²) in [6.07, 6.45) is 3.04. The predicted octanol–water partition coefficient (Wildman–Crippen LogP) is 0.137. The van der Waals surface area contributed by atoms with Crippen LogP contribution >= 0.6 is 0 Å². The lowest BCUT2D eigenvalue weighted by atomic mass is 10.2. The monoisotopic (exact) mass is 271 g/mol. The fourth-order valence-electron chi connectivity index (χ4n) is 1.41. The second-order valence-corrected chi connectivity index (χ2v) is 6.40. The van der Waals surface area contributed by atoms with Gasteiger partial charge in [0.1, 0.15) is 9.84 Å². The van der Waals surface area contributed by atoms with Crippen LogP contribution in [0.3, 0.4) is 0 Å². The van der Waals surface area contributed by atoms with Crippen molar-refractivity contribution in [2.75, 3.05) is 24.3 Å². The number of sulfone groups is 1. The van der Waals surface area contributed by atoms with Gasteiger partial charge in [-0.25, -0.2) is 8.42 Å². The van der Waals surface area contributed by atoms with Crippen LogP contribution in [0.15, 0.2) is 12.3 Å². The van der Waals surface area contributed by atoms with Crippen LogP contribution in [0, 0.1) is 6.92 Å². The largest absolute Gasteiger partial charge is 0.397 e. The van der Waals surface area contributed by atoms with Crippen molar-refractivity contribution in [1.82, 2.24) is 10.3 Å². The van der Waals surface area contributed by atoms with Gasteiger partial charge in [-0.05, 0) is 19.4 Å². The second-order valence-electron chi connectivity index (χ2n) is 4.14. The number of carbonyl (C=O) groups excluding carboxylic acids is 1. The molecule has 0 atom stereocenters. The fourth-order valence-corrected chi connectivity index (χ4v) is 2.08. The number of nitrogens with one attached hydrogen (secondary N) is 1. The van der Waals surface area contributed by atoms with E-state index in [1.54, 1.807) is 13.0 Å². The maximum Gasteiger partial charge on any atom is 0.253 e. The molecule has 1 aromatic rings. The third kappa shape index (κ3) is 4.70. The number of rotatable bonds is 5. The Balaban J connectivity index is 2.53. The average Bonchev–Trinajstić information content (AvgIpc) is 2.26. The summed E-state index contributed by atoms with van der Waals surface area (Å²) in [6, 6.07) is 1.55. The lowest BCUT2D eigenvalue weighted by molar-refractivity contribution is 0.0952. The maximum atomic E-state index is 11.8. The number of nitrogen functional groups attached to an aromatic ring is 1. The van der Waals surface area contributed by atoms with Crippen LogP contribution in [-0.4, -0.2) is 37.9 Å². The smallest absolute Gasteiger partial charge is 0.253 e. The van der Waals surface area contributed by atoms with Gasteiger partial charge in [-0.2, -0.15) is 0 Å². The number of hydrogen-bond acceptors (Lipinski definition) is 5. The molecule has 0 saturated carbocycles. The number of carbonyl (C=O) groups is 1. The number of nitrogens with two attached hydrogens (primary N) is 1. The Morgan fingerprint density at radius 3 is 2.78 bits per heavy atom. The van der Waals surface area contributed by atoms with Crippen molar-refractivity contribution in [1.29, 1.82) is 0 Å². The molecule has 0 radical (unpaired) electrons. The molecular weight excluding hydrogens is 254 g/mol. The van der Waals surface area contributed by atoms with Gasteiger partial charge in [-0.15, -0.1) is 0 Å². The molecule has 0 bridgehead atoms. The van der Waals surface area contributed by atoms with Gasteiger partial charge < -0.3 is 11.1 Å². The Morgan fingerprint density at radius 1 is 1.50 bits per heavy atom. The molecule has 7 heteroatoms. The number of nitrogens with zero attached hydrogens (tertiary/aromatic N) is 1. The van der Waals surface area contributed by atoms with Crippen LogP contribution in [0.5, 0.6) is 0 Å². The van der Waals surface area contributed by atoms with Crippen molar-refractivity contribution in [2.45, 2.75) is 13.3 Å². The maximum absolute atomic E-state index is 11.8. The summed E-state index contributed by atoms with van der Waals surface area (Å²) in [7, 11) is -2.99. The van der Waals surface area contributed by atoms with E-state index in [2.05, 4.69) is 10.3 Å². The minimum absolute atomic E-state index is 0.0570. The van der Waals surface area contributed by atoms with Crippen LogP contribution in [0.4, 0.5) is 5.69 Å². The van der Waals surface area contributed by atoms with Crippen molar-refractivity contribution in [3.63, 3.8) is 0 Å². The van der Waals surface area contributed by atoms with Gasteiger partial charge in [-0.3, -0.25) is 9.78 Å². The summed E-state index contributed by atoms with van der Waals surface area (Å²) >= 11 is 0. The normalized spacial score (nSPS) is 11.2. The van der Waals surface area contributed by atoms with E-state index in [0.717, 1.165) is 0 Å². The van der Waals surface area contributed by atoms with E-state index in [1.807, 2.05) is 0 Å². The third-order valence-electron chi connectivity index (χ3n) is 2.33. The molecule has 0 aromatic carbocycles. The molecule has 18 heavy (non-hydrogen) atoms. The van der Waals surface area contributed by atoms with E-state index in [0.29, 0.717) is 29.9 Å². The molecule has 0 spiro atoms. The standard InChI is InChI=1S/C11H17N3O3S/c1-8-10(6-9(12)7-14-8)11(15)13-4-3-5-18(2,16)17/h6-7H,3-5,12H2,1-2H3,(H,13,15). The quantitative estimate of drug-likeness (QED) is 0.741. The van der Waals surface area contributed by atoms with Crippen molar-refractivity contribution >= 4 is 21.4 Å². The molecule has 0 aliphatic rings. The van der Waals surface area contributed by atoms with Gasteiger partial charge in [0.25, 0.3) is 5.91 Å². The zero-order valence-electron chi connectivity index (χ0n) is 10.4. The molecule has 0 fully saturated rings. The molecule has 1 aromatic heterocycles. The van der Waals surface area contributed by atoms with Gasteiger partial charge in [0.2, 0.25) is 0 Å². The number of anilines is 1. The first-order chi connectivity index (χ1) is 8.29. The summed E-state index contributed by atoms with van der Waals surface area (Å²) in [5, 5.41) is 2.64. The first kappa shape index (κ1) is 14.4. The molecule has 0 aliphatic heterocycles. The van der Waals surface area contributed by atoms with Gasteiger partial charge in [0.15, 0.2) is 0 Å². The van der Waals surface area contributed by atoms with E-state index >= 15 is 0 Å². The number of amides is 1. The van der Waals surface area contributed by atoms with Gasteiger partial charge in [0.05, 0.1) is 28.9 Å². The Labute approximate surface area is 107 Å². The average molecular weight is 271 g/mol. The molecule has 1 rings (SSSR count). The van der Waals surface area contributed by atoms with Gasteiger partial charge in [-0.1, -0.05) is 0 Å². The molecule has 0 aliphatic carbocycles. The van der Waals surface area contributed by atoms with Crippen molar-refractivity contribution in [2.24, 2.45) is 0 Å². The van der Waals surface area contributed by atoms with E-state index in [4.69, 9.17) is 5.73 Å². The third-order valence-corrected chi connectivity index (χ3v) is 3.36. The van der Waals surface area contributed by atoms with Crippen LogP contribution in [0.1, 0.15) is 22.5 Å². The minimum Gasteiger partial charge on any atom is -0.397 e. The summed E-state index contributed by atoms with van der Waals surface area (Å²) in [5.74, 6) is -0.234. The highest BCUT2D eigenvalue weighted by atomic mass is 32.2. The zero-order chi connectivity index (χ0) is 13.8. The van der Waals surface area contributed by atoms with E-state index < -0.39 is 9.84 Å². The van der Waals surface area contributed by atoms with Crippen molar-refractivity contribution < 1.29 is 13.2 Å². The SMILES string of the molecule is Cc1ncc(N)cc1C(=O)NCCCS(C)(=O)=O. The predicted molar refractivity (Wildman–Crippen MR) is 70.0 cm³/mol. The Hall–Kier alpha value is -1.63. The topological polar surface area (TPSA) is 102 Å². The first-order valence-corrected chi connectivity index (χ1v) is 7.53. The van der Waals surface area contributed by atoms with Crippen LogP contribution in [0.2, 0.25) is 0 Å². The van der Waals surface area contributed by atoms with Crippen LogP contribution in [0.25, 0.3) is 0 Å².